The van der Waals surface area contributed by atoms with E-state index in [1.807, 2.05) is 6.07 Å². The molecule has 4 rings (SSSR count). The quantitative estimate of drug-likeness (QED) is 0.317. The number of para-hydroxylation sites is 1. The number of rotatable bonds is 4. The summed E-state index contributed by atoms with van der Waals surface area (Å²) in [5, 5.41) is 9.36. The molecule has 29 heavy (non-hydrogen) atoms. The SMILES string of the molecule is CC(=O)OC(OC(C)=O)[C@@]12C=C[C@@H](O1)[C@H]1C(=O)N(c3ccccc3C#N)C(=O)[C@@H]12. The molecule has 0 spiro atoms. The molecule has 1 aromatic carbocycles. The Morgan fingerprint density at radius 2 is 1.83 bits per heavy atom. The van der Waals surface area contributed by atoms with Crippen LogP contribution in [-0.2, 0) is 33.4 Å². The van der Waals surface area contributed by atoms with Gasteiger partial charge in [-0.3, -0.25) is 19.2 Å². The number of carbonyl (C=O) groups is 4. The fourth-order valence-corrected chi connectivity index (χ4v) is 4.22. The summed E-state index contributed by atoms with van der Waals surface area (Å²) in [5.74, 6) is -4.56. The number of carbonyl (C=O) groups excluding carboxylic acids is 4. The summed E-state index contributed by atoms with van der Waals surface area (Å²) >= 11 is 0. The molecule has 0 unspecified atom stereocenters. The van der Waals surface area contributed by atoms with Gasteiger partial charge in [0.15, 0.2) is 5.60 Å². The first-order valence-electron chi connectivity index (χ1n) is 8.88. The third kappa shape index (κ3) is 2.64. The molecule has 9 heteroatoms. The lowest BCUT2D eigenvalue weighted by Crippen LogP contribution is -2.52. The van der Waals surface area contributed by atoms with Gasteiger partial charge < -0.3 is 14.2 Å². The van der Waals surface area contributed by atoms with Crippen LogP contribution in [-0.4, -0.2) is 41.7 Å². The van der Waals surface area contributed by atoms with Gasteiger partial charge in [0.2, 0.25) is 11.8 Å². The topological polar surface area (TPSA) is 123 Å². The van der Waals surface area contributed by atoms with Crippen LogP contribution in [0.25, 0.3) is 0 Å². The Kier molecular flexibility index (Phi) is 4.24. The van der Waals surface area contributed by atoms with E-state index in [9.17, 15) is 24.4 Å². The number of esters is 2. The molecule has 3 aliphatic heterocycles. The molecular weight excluding hydrogens is 380 g/mol. The van der Waals surface area contributed by atoms with Gasteiger partial charge in [-0.05, 0) is 18.2 Å². The molecule has 0 aliphatic carbocycles. The van der Waals surface area contributed by atoms with Crippen molar-refractivity contribution >= 4 is 29.4 Å². The van der Waals surface area contributed by atoms with Crippen LogP contribution in [0.3, 0.4) is 0 Å². The minimum atomic E-state index is -1.62. The molecule has 9 nitrogen and oxygen atoms in total. The molecule has 0 aromatic heterocycles. The third-order valence-corrected chi connectivity index (χ3v) is 5.26. The first-order chi connectivity index (χ1) is 13.8. The third-order valence-electron chi connectivity index (χ3n) is 5.26. The Balaban J connectivity index is 1.78. The van der Waals surface area contributed by atoms with Crippen molar-refractivity contribution in [2.75, 3.05) is 4.90 Å². The number of imide groups is 1. The summed E-state index contributed by atoms with van der Waals surface area (Å²) in [6.45, 7) is 2.26. The van der Waals surface area contributed by atoms with Crippen molar-refractivity contribution < 1.29 is 33.4 Å². The highest BCUT2D eigenvalue weighted by Gasteiger charge is 2.72. The highest BCUT2D eigenvalue weighted by molar-refractivity contribution is 6.23. The highest BCUT2D eigenvalue weighted by atomic mass is 16.7. The second-order valence-electron chi connectivity index (χ2n) is 6.99. The average molecular weight is 396 g/mol. The molecule has 2 fully saturated rings. The van der Waals surface area contributed by atoms with E-state index >= 15 is 0 Å². The minimum absolute atomic E-state index is 0.168. The number of fused-ring (bicyclic) bond motifs is 5. The first kappa shape index (κ1) is 18.8. The number of nitriles is 1. The summed E-state index contributed by atoms with van der Waals surface area (Å²) in [5.41, 5.74) is -1.28. The molecule has 2 saturated heterocycles. The average Bonchev–Trinajstić information content (AvgIpc) is 3.32. The molecule has 4 atom stereocenters. The summed E-state index contributed by atoms with van der Waals surface area (Å²) in [6.07, 6.45) is 0.813. The van der Waals surface area contributed by atoms with Gasteiger partial charge in [-0.15, -0.1) is 0 Å². The van der Waals surface area contributed by atoms with E-state index in [-0.39, 0.29) is 11.3 Å². The van der Waals surface area contributed by atoms with E-state index in [0.717, 1.165) is 18.7 Å². The summed E-state index contributed by atoms with van der Waals surface area (Å²) < 4.78 is 16.2. The Morgan fingerprint density at radius 3 is 2.45 bits per heavy atom. The molecule has 3 aliphatic rings. The van der Waals surface area contributed by atoms with E-state index in [0.29, 0.717) is 0 Å². The first-order valence-corrected chi connectivity index (χ1v) is 8.88. The van der Waals surface area contributed by atoms with Gasteiger partial charge in [0.05, 0.1) is 29.2 Å². The Labute approximate surface area is 165 Å². The van der Waals surface area contributed by atoms with Crippen LogP contribution >= 0.6 is 0 Å². The minimum Gasteiger partial charge on any atom is -0.422 e. The lowest BCUT2D eigenvalue weighted by atomic mass is 9.76. The lowest BCUT2D eigenvalue weighted by molar-refractivity contribution is -0.226. The molecule has 1 aromatic rings. The zero-order valence-electron chi connectivity index (χ0n) is 15.5. The normalized spacial score (nSPS) is 29.2. The number of hydrogen-bond donors (Lipinski definition) is 0. The fourth-order valence-electron chi connectivity index (χ4n) is 4.22. The molecule has 0 N–H and O–H groups in total. The van der Waals surface area contributed by atoms with Crippen LogP contribution in [0, 0.1) is 23.2 Å². The molecule has 148 valence electrons. The molecular formula is C20H16N2O7. The summed E-state index contributed by atoms with van der Waals surface area (Å²) in [4.78, 5) is 50.6. The molecule has 3 heterocycles. The van der Waals surface area contributed by atoms with E-state index in [1.165, 1.54) is 18.2 Å². The predicted octanol–water partition coefficient (Wildman–Crippen LogP) is 0.824. The zero-order valence-corrected chi connectivity index (χ0v) is 15.5. The van der Waals surface area contributed by atoms with E-state index in [4.69, 9.17) is 14.2 Å². The van der Waals surface area contributed by atoms with Gasteiger partial charge in [0.1, 0.15) is 6.07 Å². The number of nitrogens with zero attached hydrogens (tertiary/aromatic N) is 2. The highest BCUT2D eigenvalue weighted by Crippen LogP contribution is 2.54. The van der Waals surface area contributed by atoms with Crippen LogP contribution in [0.5, 0.6) is 0 Å². The largest absolute Gasteiger partial charge is 0.422 e. The fraction of sp³-hybridized carbons (Fsp3) is 0.350. The lowest BCUT2D eigenvalue weighted by Gasteiger charge is -2.34. The monoisotopic (exact) mass is 396 g/mol. The molecule has 0 radical (unpaired) electrons. The molecule has 2 amide bonds. The van der Waals surface area contributed by atoms with Crippen molar-refractivity contribution in [1.82, 2.24) is 0 Å². The maximum Gasteiger partial charge on any atom is 0.305 e. The number of anilines is 1. The van der Waals surface area contributed by atoms with Gasteiger partial charge in [0, 0.05) is 13.8 Å². The summed E-state index contributed by atoms with van der Waals surface area (Å²) in [6, 6.07) is 8.22. The van der Waals surface area contributed by atoms with Crippen LogP contribution in [0.4, 0.5) is 5.69 Å². The second kappa shape index (κ2) is 6.53. The van der Waals surface area contributed by atoms with Crippen molar-refractivity contribution in [1.29, 1.82) is 5.26 Å². The Bertz CT molecular complexity index is 994. The maximum absolute atomic E-state index is 13.3. The van der Waals surface area contributed by atoms with E-state index in [1.54, 1.807) is 18.2 Å². The van der Waals surface area contributed by atoms with E-state index < -0.39 is 53.6 Å². The van der Waals surface area contributed by atoms with Crippen molar-refractivity contribution in [3.63, 3.8) is 0 Å². The standard InChI is InChI=1S/C20H16N2O7/c1-10(23)27-19(28-11(2)24)20-8-7-14(29-20)15-16(20)18(26)22(17(15)25)13-6-4-3-5-12(13)9-21/h3-8,14-16,19H,1-2H3/t14-,15-,16-,20+/m1/s1. The Hall–Kier alpha value is -3.51. The van der Waals surface area contributed by atoms with E-state index in [2.05, 4.69) is 0 Å². The molecule has 0 saturated carbocycles. The van der Waals surface area contributed by atoms with Gasteiger partial charge in [0.25, 0.3) is 6.29 Å². The molecule has 2 bridgehead atoms. The van der Waals surface area contributed by atoms with Gasteiger partial charge in [-0.25, -0.2) is 4.90 Å². The van der Waals surface area contributed by atoms with Gasteiger partial charge in [-0.1, -0.05) is 18.2 Å². The van der Waals surface area contributed by atoms with Crippen molar-refractivity contribution in [2.45, 2.75) is 31.8 Å². The predicted molar refractivity (Wildman–Crippen MR) is 94.7 cm³/mol. The Morgan fingerprint density at radius 1 is 1.17 bits per heavy atom. The van der Waals surface area contributed by atoms with Gasteiger partial charge in [-0.2, -0.15) is 5.26 Å². The van der Waals surface area contributed by atoms with Crippen molar-refractivity contribution in [3.05, 3.63) is 42.0 Å². The number of hydrogen-bond acceptors (Lipinski definition) is 8. The number of ether oxygens (including phenoxy) is 3. The van der Waals surface area contributed by atoms with Crippen LogP contribution < -0.4 is 4.90 Å². The van der Waals surface area contributed by atoms with Crippen molar-refractivity contribution in [3.8, 4) is 6.07 Å². The second-order valence-corrected chi connectivity index (χ2v) is 6.99. The van der Waals surface area contributed by atoms with Crippen molar-refractivity contribution in [2.24, 2.45) is 11.8 Å². The summed E-state index contributed by atoms with van der Waals surface area (Å²) in [7, 11) is 0. The van der Waals surface area contributed by atoms with Gasteiger partial charge >= 0.3 is 11.9 Å². The zero-order chi connectivity index (χ0) is 20.9. The van der Waals surface area contributed by atoms with Crippen LogP contribution in [0.1, 0.15) is 19.4 Å². The van der Waals surface area contributed by atoms with Crippen LogP contribution in [0.15, 0.2) is 36.4 Å². The number of benzene rings is 1. The smallest absolute Gasteiger partial charge is 0.305 e. The van der Waals surface area contributed by atoms with Crippen LogP contribution in [0.2, 0.25) is 0 Å². The maximum atomic E-state index is 13.3. The number of amides is 2.